The molecule has 4 atom stereocenters. The summed E-state index contributed by atoms with van der Waals surface area (Å²) < 4.78 is 0. The third kappa shape index (κ3) is 4.28. The highest BCUT2D eigenvalue weighted by Gasteiger charge is 2.23. The van der Waals surface area contributed by atoms with Gasteiger partial charge in [-0.15, -0.1) is 0 Å². The molecular weight excluding hydrogens is 206 g/mol. The molecule has 4 unspecified atom stereocenters. The Labute approximate surface area is 108 Å². The fraction of sp³-hybridized carbons (Fsp3) is 1.00. The molecule has 0 amide bonds. The van der Waals surface area contributed by atoms with E-state index in [-0.39, 0.29) is 0 Å². The largest absolute Gasteiger partial charge is 0.314 e. The molecule has 0 saturated heterocycles. The molecule has 2 rings (SSSR count). The van der Waals surface area contributed by atoms with E-state index in [2.05, 4.69) is 19.2 Å². The van der Waals surface area contributed by atoms with Gasteiger partial charge in [-0.2, -0.15) is 0 Å². The zero-order valence-corrected chi connectivity index (χ0v) is 11.9. The molecule has 2 fully saturated rings. The van der Waals surface area contributed by atoms with Crippen LogP contribution in [-0.4, -0.2) is 12.6 Å². The first kappa shape index (κ1) is 13.4. The van der Waals surface area contributed by atoms with Crippen LogP contribution in [0.2, 0.25) is 0 Å². The van der Waals surface area contributed by atoms with E-state index in [1.807, 2.05) is 0 Å². The Morgan fingerprint density at radius 2 is 1.71 bits per heavy atom. The molecule has 0 aromatic carbocycles. The zero-order chi connectivity index (χ0) is 12.1. The molecule has 0 spiro atoms. The zero-order valence-electron chi connectivity index (χ0n) is 11.9. The maximum absolute atomic E-state index is 3.88. The lowest BCUT2D eigenvalue weighted by molar-refractivity contribution is 0.235. The van der Waals surface area contributed by atoms with Crippen molar-refractivity contribution in [3.05, 3.63) is 0 Å². The summed E-state index contributed by atoms with van der Waals surface area (Å²) >= 11 is 0. The van der Waals surface area contributed by atoms with Crippen molar-refractivity contribution >= 4 is 0 Å². The minimum atomic E-state index is 0.839. The summed E-state index contributed by atoms with van der Waals surface area (Å²) in [7, 11) is 0. The molecule has 0 aromatic rings. The molecule has 0 heterocycles. The molecule has 100 valence electrons. The summed E-state index contributed by atoms with van der Waals surface area (Å²) in [5, 5.41) is 3.88. The smallest absolute Gasteiger partial charge is 0.00698 e. The number of hydrogen-bond acceptors (Lipinski definition) is 1. The Morgan fingerprint density at radius 3 is 2.47 bits per heavy atom. The Bertz CT molecular complexity index is 214. The standard InChI is InChI=1S/C16H31N/c1-3-14-7-5-9-16(11-14)17-12-15-8-4-6-13(2)10-15/h13-17H,3-12H2,1-2H3. The number of rotatable bonds is 4. The lowest BCUT2D eigenvalue weighted by Crippen LogP contribution is -2.38. The SMILES string of the molecule is CCC1CCCC(NCC2CCCC(C)C2)C1. The fourth-order valence-corrected chi connectivity index (χ4v) is 3.93. The molecular formula is C16H31N. The van der Waals surface area contributed by atoms with Gasteiger partial charge < -0.3 is 5.32 Å². The summed E-state index contributed by atoms with van der Waals surface area (Å²) in [5.74, 6) is 2.96. The maximum atomic E-state index is 3.88. The van der Waals surface area contributed by atoms with Gasteiger partial charge in [0.25, 0.3) is 0 Å². The van der Waals surface area contributed by atoms with E-state index in [9.17, 15) is 0 Å². The van der Waals surface area contributed by atoms with Crippen LogP contribution in [0.1, 0.15) is 71.6 Å². The van der Waals surface area contributed by atoms with Gasteiger partial charge in [-0.3, -0.25) is 0 Å². The summed E-state index contributed by atoms with van der Waals surface area (Å²) in [4.78, 5) is 0. The van der Waals surface area contributed by atoms with Crippen LogP contribution in [-0.2, 0) is 0 Å². The molecule has 1 heteroatoms. The summed E-state index contributed by atoms with van der Waals surface area (Å²) in [5.41, 5.74) is 0. The average Bonchev–Trinajstić information content (AvgIpc) is 2.37. The van der Waals surface area contributed by atoms with Crippen molar-refractivity contribution in [3.8, 4) is 0 Å². The van der Waals surface area contributed by atoms with Gasteiger partial charge in [0.15, 0.2) is 0 Å². The second-order valence-electron chi connectivity index (χ2n) is 6.68. The van der Waals surface area contributed by atoms with Crippen molar-refractivity contribution in [2.45, 2.75) is 77.7 Å². The van der Waals surface area contributed by atoms with Crippen LogP contribution < -0.4 is 5.32 Å². The maximum Gasteiger partial charge on any atom is 0.00698 e. The minimum Gasteiger partial charge on any atom is -0.314 e. The quantitative estimate of drug-likeness (QED) is 0.765. The van der Waals surface area contributed by atoms with Crippen molar-refractivity contribution in [1.29, 1.82) is 0 Å². The highest BCUT2D eigenvalue weighted by Crippen LogP contribution is 2.30. The average molecular weight is 237 g/mol. The van der Waals surface area contributed by atoms with Gasteiger partial charge in [-0.25, -0.2) is 0 Å². The predicted octanol–water partition coefficient (Wildman–Crippen LogP) is 4.37. The lowest BCUT2D eigenvalue weighted by Gasteiger charge is -2.32. The summed E-state index contributed by atoms with van der Waals surface area (Å²) in [6.45, 7) is 6.08. The predicted molar refractivity (Wildman–Crippen MR) is 75.2 cm³/mol. The molecule has 0 radical (unpaired) electrons. The third-order valence-electron chi connectivity index (χ3n) is 5.10. The van der Waals surface area contributed by atoms with Gasteiger partial charge in [-0.05, 0) is 50.0 Å². The first-order valence-electron chi connectivity index (χ1n) is 8.01. The molecule has 0 aromatic heterocycles. The van der Waals surface area contributed by atoms with E-state index in [1.54, 1.807) is 0 Å². The van der Waals surface area contributed by atoms with Crippen LogP contribution in [0.3, 0.4) is 0 Å². The van der Waals surface area contributed by atoms with Crippen LogP contribution in [0.5, 0.6) is 0 Å². The van der Waals surface area contributed by atoms with Crippen LogP contribution >= 0.6 is 0 Å². The normalized spacial score (nSPS) is 39.2. The second kappa shape index (κ2) is 6.78. The molecule has 17 heavy (non-hydrogen) atoms. The van der Waals surface area contributed by atoms with Crippen molar-refractivity contribution in [2.75, 3.05) is 6.54 Å². The topological polar surface area (TPSA) is 12.0 Å². The van der Waals surface area contributed by atoms with Crippen molar-refractivity contribution in [1.82, 2.24) is 5.32 Å². The first-order valence-corrected chi connectivity index (χ1v) is 8.01. The van der Waals surface area contributed by atoms with Gasteiger partial charge in [-0.1, -0.05) is 46.0 Å². The second-order valence-corrected chi connectivity index (χ2v) is 6.68. The van der Waals surface area contributed by atoms with Gasteiger partial charge in [0.05, 0.1) is 0 Å². The van der Waals surface area contributed by atoms with E-state index in [0.29, 0.717) is 0 Å². The Hall–Kier alpha value is -0.0400. The summed E-state index contributed by atoms with van der Waals surface area (Å²) in [6.07, 6.45) is 13.1. The van der Waals surface area contributed by atoms with E-state index in [4.69, 9.17) is 0 Å². The van der Waals surface area contributed by atoms with Gasteiger partial charge >= 0.3 is 0 Å². The van der Waals surface area contributed by atoms with Crippen LogP contribution in [0.25, 0.3) is 0 Å². The molecule has 2 aliphatic carbocycles. The molecule has 1 N–H and O–H groups in total. The fourth-order valence-electron chi connectivity index (χ4n) is 3.93. The Morgan fingerprint density at radius 1 is 0.941 bits per heavy atom. The molecule has 2 aliphatic rings. The minimum absolute atomic E-state index is 0.839. The molecule has 0 bridgehead atoms. The van der Waals surface area contributed by atoms with Crippen molar-refractivity contribution in [3.63, 3.8) is 0 Å². The number of nitrogens with one attached hydrogen (secondary N) is 1. The van der Waals surface area contributed by atoms with Crippen LogP contribution in [0.15, 0.2) is 0 Å². The highest BCUT2D eigenvalue weighted by atomic mass is 14.9. The van der Waals surface area contributed by atoms with Crippen molar-refractivity contribution in [2.24, 2.45) is 17.8 Å². The van der Waals surface area contributed by atoms with E-state index in [1.165, 1.54) is 64.3 Å². The molecule has 1 nitrogen and oxygen atoms in total. The monoisotopic (exact) mass is 237 g/mol. The highest BCUT2D eigenvalue weighted by molar-refractivity contribution is 4.80. The van der Waals surface area contributed by atoms with E-state index in [0.717, 1.165) is 23.8 Å². The van der Waals surface area contributed by atoms with Crippen LogP contribution in [0, 0.1) is 17.8 Å². The molecule has 0 aliphatic heterocycles. The van der Waals surface area contributed by atoms with E-state index < -0.39 is 0 Å². The van der Waals surface area contributed by atoms with Crippen LogP contribution in [0.4, 0.5) is 0 Å². The Kier molecular flexibility index (Phi) is 5.34. The van der Waals surface area contributed by atoms with Gasteiger partial charge in [0.1, 0.15) is 0 Å². The third-order valence-corrected chi connectivity index (χ3v) is 5.10. The van der Waals surface area contributed by atoms with Crippen molar-refractivity contribution < 1.29 is 0 Å². The number of hydrogen-bond donors (Lipinski definition) is 1. The Balaban J connectivity index is 1.66. The lowest BCUT2D eigenvalue weighted by atomic mass is 9.81. The van der Waals surface area contributed by atoms with Gasteiger partial charge in [0.2, 0.25) is 0 Å². The summed E-state index contributed by atoms with van der Waals surface area (Å²) in [6, 6.07) is 0.839. The first-order chi connectivity index (χ1) is 8.28. The van der Waals surface area contributed by atoms with Gasteiger partial charge in [0, 0.05) is 6.04 Å². The van der Waals surface area contributed by atoms with E-state index >= 15 is 0 Å². The molecule has 2 saturated carbocycles.